The predicted octanol–water partition coefficient (Wildman–Crippen LogP) is 1.64. The van der Waals surface area contributed by atoms with Crippen molar-refractivity contribution in [1.82, 2.24) is 29.4 Å². The van der Waals surface area contributed by atoms with Crippen LogP contribution in [0.1, 0.15) is 37.0 Å². The molecule has 0 aromatic carbocycles. The van der Waals surface area contributed by atoms with Gasteiger partial charge < -0.3 is 4.57 Å². The number of aromatic nitrogens is 5. The lowest BCUT2D eigenvalue weighted by atomic mass is 10.1. The molecule has 2 aromatic heterocycles. The van der Waals surface area contributed by atoms with E-state index in [0.717, 1.165) is 50.5 Å². The quantitative estimate of drug-likeness (QED) is 0.858. The van der Waals surface area contributed by atoms with Gasteiger partial charge in [-0.15, -0.1) is 10.2 Å². The second-order valence-electron chi connectivity index (χ2n) is 5.92. The van der Waals surface area contributed by atoms with Gasteiger partial charge in [0.15, 0.2) is 0 Å². The van der Waals surface area contributed by atoms with Crippen LogP contribution in [0.3, 0.4) is 0 Å². The third-order valence-electron chi connectivity index (χ3n) is 4.47. The Morgan fingerprint density at radius 3 is 2.95 bits per heavy atom. The maximum atomic E-state index is 4.35. The Labute approximate surface area is 125 Å². The molecule has 0 N–H and O–H groups in total. The number of nitrogens with zero attached hydrogens (tertiary/aromatic N) is 6. The summed E-state index contributed by atoms with van der Waals surface area (Å²) in [5.41, 5.74) is 1.29. The van der Waals surface area contributed by atoms with E-state index in [-0.39, 0.29) is 0 Å². The van der Waals surface area contributed by atoms with E-state index in [4.69, 9.17) is 0 Å². The zero-order valence-electron chi connectivity index (χ0n) is 13.2. The molecule has 114 valence electrons. The van der Waals surface area contributed by atoms with E-state index in [1.165, 1.54) is 5.56 Å². The van der Waals surface area contributed by atoms with Crippen molar-refractivity contribution in [3.05, 3.63) is 29.6 Å². The van der Waals surface area contributed by atoms with Crippen LogP contribution in [0.25, 0.3) is 0 Å². The van der Waals surface area contributed by atoms with E-state index in [9.17, 15) is 0 Å². The SMILES string of the molecule is CCn1cc(CN(C)C2CCc3nnc(C)n3CC2)cn1. The van der Waals surface area contributed by atoms with Crippen LogP contribution in [0.4, 0.5) is 0 Å². The fourth-order valence-corrected chi connectivity index (χ4v) is 3.14. The van der Waals surface area contributed by atoms with E-state index in [2.05, 4.69) is 44.9 Å². The van der Waals surface area contributed by atoms with Gasteiger partial charge in [0.1, 0.15) is 11.6 Å². The average molecular weight is 288 g/mol. The van der Waals surface area contributed by atoms with Gasteiger partial charge in [0.05, 0.1) is 6.20 Å². The third kappa shape index (κ3) is 3.00. The Balaban J connectivity index is 1.62. The summed E-state index contributed by atoms with van der Waals surface area (Å²) in [5.74, 6) is 2.18. The van der Waals surface area contributed by atoms with Crippen LogP contribution in [-0.2, 0) is 26.1 Å². The summed E-state index contributed by atoms with van der Waals surface area (Å²) in [6, 6.07) is 0.594. The first-order valence-electron chi connectivity index (χ1n) is 7.77. The molecule has 6 nitrogen and oxygen atoms in total. The molecular formula is C15H24N6. The van der Waals surface area contributed by atoms with Crippen LogP contribution < -0.4 is 0 Å². The number of fused-ring (bicyclic) bond motifs is 1. The van der Waals surface area contributed by atoms with Gasteiger partial charge in [-0.3, -0.25) is 9.58 Å². The monoisotopic (exact) mass is 288 g/mol. The molecule has 0 aliphatic carbocycles. The second kappa shape index (κ2) is 5.97. The van der Waals surface area contributed by atoms with Crippen LogP contribution in [0.2, 0.25) is 0 Å². The van der Waals surface area contributed by atoms with Gasteiger partial charge in [-0.25, -0.2) is 0 Å². The molecule has 0 saturated carbocycles. The van der Waals surface area contributed by atoms with Crippen molar-refractivity contribution in [2.24, 2.45) is 0 Å². The largest absolute Gasteiger partial charge is 0.315 e. The molecule has 6 heteroatoms. The molecule has 2 aromatic rings. The molecule has 1 atom stereocenters. The zero-order chi connectivity index (χ0) is 14.8. The second-order valence-corrected chi connectivity index (χ2v) is 5.92. The summed E-state index contributed by atoms with van der Waals surface area (Å²) in [5, 5.41) is 12.8. The molecule has 0 fully saturated rings. The molecule has 0 spiro atoms. The Hall–Kier alpha value is -1.69. The Morgan fingerprint density at radius 2 is 2.19 bits per heavy atom. The van der Waals surface area contributed by atoms with Crippen molar-refractivity contribution in [2.75, 3.05) is 7.05 Å². The summed E-state index contributed by atoms with van der Waals surface area (Å²) in [6.07, 6.45) is 7.45. The molecule has 1 aliphatic heterocycles. The first-order valence-corrected chi connectivity index (χ1v) is 7.77. The molecule has 0 radical (unpaired) electrons. The minimum Gasteiger partial charge on any atom is -0.315 e. The van der Waals surface area contributed by atoms with Crippen LogP contribution in [0, 0.1) is 6.92 Å². The van der Waals surface area contributed by atoms with Gasteiger partial charge in [-0.1, -0.05) is 0 Å². The van der Waals surface area contributed by atoms with Gasteiger partial charge >= 0.3 is 0 Å². The topological polar surface area (TPSA) is 51.8 Å². The van der Waals surface area contributed by atoms with E-state index >= 15 is 0 Å². The van der Waals surface area contributed by atoms with Crippen molar-refractivity contribution in [2.45, 2.75) is 58.8 Å². The lowest BCUT2D eigenvalue weighted by Crippen LogP contribution is -2.31. The summed E-state index contributed by atoms with van der Waals surface area (Å²) in [4.78, 5) is 2.45. The molecule has 3 heterocycles. The summed E-state index contributed by atoms with van der Waals surface area (Å²) in [7, 11) is 2.22. The van der Waals surface area contributed by atoms with E-state index < -0.39 is 0 Å². The normalized spacial score (nSPS) is 18.8. The van der Waals surface area contributed by atoms with Crippen molar-refractivity contribution in [3.63, 3.8) is 0 Å². The van der Waals surface area contributed by atoms with Gasteiger partial charge in [-0.05, 0) is 33.7 Å². The smallest absolute Gasteiger partial charge is 0.133 e. The Kier molecular flexibility index (Phi) is 4.05. The highest BCUT2D eigenvalue weighted by molar-refractivity contribution is 5.04. The maximum absolute atomic E-state index is 4.35. The molecule has 0 amide bonds. The van der Waals surface area contributed by atoms with Crippen molar-refractivity contribution in [3.8, 4) is 0 Å². The fourth-order valence-electron chi connectivity index (χ4n) is 3.14. The third-order valence-corrected chi connectivity index (χ3v) is 4.47. The molecule has 1 aliphatic rings. The van der Waals surface area contributed by atoms with Crippen LogP contribution >= 0.6 is 0 Å². The first-order chi connectivity index (χ1) is 10.2. The number of hydrogen-bond acceptors (Lipinski definition) is 4. The minimum absolute atomic E-state index is 0.594. The van der Waals surface area contributed by atoms with Crippen LogP contribution in [-0.4, -0.2) is 42.5 Å². The van der Waals surface area contributed by atoms with E-state index in [1.807, 2.05) is 17.8 Å². The molecule has 0 saturated heterocycles. The molecule has 0 bridgehead atoms. The van der Waals surface area contributed by atoms with Crippen molar-refractivity contribution >= 4 is 0 Å². The summed E-state index contributed by atoms with van der Waals surface area (Å²) in [6.45, 7) is 7.07. The van der Waals surface area contributed by atoms with E-state index in [1.54, 1.807) is 0 Å². The predicted molar refractivity (Wildman–Crippen MR) is 80.9 cm³/mol. The van der Waals surface area contributed by atoms with Crippen LogP contribution in [0.5, 0.6) is 0 Å². The standard InChI is InChI=1S/C15H24N6/c1-4-20-11-13(9-16-20)10-19(3)14-5-6-15-18-17-12(2)21(15)8-7-14/h9,11,14H,4-8,10H2,1-3H3. The molecule has 1 unspecified atom stereocenters. The first kappa shape index (κ1) is 14.3. The van der Waals surface area contributed by atoms with Crippen molar-refractivity contribution in [1.29, 1.82) is 0 Å². The molecule has 3 rings (SSSR count). The summed E-state index contributed by atoms with van der Waals surface area (Å²) < 4.78 is 4.25. The average Bonchev–Trinajstić information content (AvgIpc) is 3.00. The highest BCUT2D eigenvalue weighted by Crippen LogP contribution is 2.19. The lowest BCUT2D eigenvalue weighted by Gasteiger charge is -2.26. The fraction of sp³-hybridized carbons (Fsp3) is 0.667. The van der Waals surface area contributed by atoms with Crippen molar-refractivity contribution < 1.29 is 0 Å². The summed E-state index contributed by atoms with van der Waals surface area (Å²) >= 11 is 0. The minimum atomic E-state index is 0.594. The Bertz CT molecular complexity index is 599. The van der Waals surface area contributed by atoms with Gasteiger partial charge in [0.25, 0.3) is 0 Å². The van der Waals surface area contributed by atoms with E-state index in [0.29, 0.717) is 6.04 Å². The van der Waals surface area contributed by atoms with Gasteiger partial charge in [0, 0.05) is 43.9 Å². The number of aryl methyl sites for hydroxylation is 3. The maximum Gasteiger partial charge on any atom is 0.133 e. The number of hydrogen-bond donors (Lipinski definition) is 0. The Morgan fingerprint density at radius 1 is 1.33 bits per heavy atom. The highest BCUT2D eigenvalue weighted by Gasteiger charge is 2.22. The highest BCUT2D eigenvalue weighted by atomic mass is 15.3. The van der Waals surface area contributed by atoms with Crippen LogP contribution in [0.15, 0.2) is 12.4 Å². The number of rotatable bonds is 4. The van der Waals surface area contributed by atoms with Gasteiger partial charge in [0.2, 0.25) is 0 Å². The zero-order valence-corrected chi connectivity index (χ0v) is 13.2. The van der Waals surface area contributed by atoms with Gasteiger partial charge in [-0.2, -0.15) is 5.10 Å². The molecule has 21 heavy (non-hydrogen) atoms. The lowest BCUT2D eigenvalue weighted by molar-refractivity contribution is 0.210. The molecular weight excluding hydrogens is 264 g/mol.